The van der Waals surface area contributed by atoms with Gasteiger partial charge in [-0.1, -0.05) is 6.92 Å². The van der Waals surface area contributed by atoms with Crippen molar-refractivity contribution in [1.29, 1.82) is 0 Å². The van der Waals surface area contributed by atoms with Crippen LogP contribution in [0.25, 0.3) is 0 Å². The van der Waals surface area contributed by atoms with Gasteiger partial charge in [-0.25, -0.2) is 0 Å². The van der Waals surface area contributed by atoms with Gasteiger partial charge < -0.3 is 24.1 Å². The van der Waals surface area contributed by atoms with E-state index in [0.29, 0.717) is 17.9 Å². The number of carbonyl (C=O) groups is 2. The lowest BCUT2D eigenvalue weighted by atomic mass is 9.86. The maximum atomic E-state index is 12.2. The average molecular weight is 438 g/mol. The number of β-lactam (4-membered cyclic amide) rings is 1. The number of rotatable bonds is 7. The first-order chi connectivity index (χ1) is 14.1. The van der Waals surface area contributed by atoms with Gasteiger partial charge in [0, 0.05) is 43.4 Å². The number of esters is 1. The summed E-state index contributed by atoms with van der Waals surface area (Å²) in [6.45, 7) is 7.02. The lowest BCUT2D eigenvalue weighted by molar-refractivity contribution is -0.153. The molecule has 1 aromatic carbocycles. The summed E-state index contributed by atoms with van der Waals surface area (Å²) in [7, 11) is -0.978. The summed E-state index contributed by atoms with van der Waals surface area (Å²) >= 11 is 0. The molecule has 0 radical (unpaired) electrons. The minimum absolute atomic E-state index is 0.0215. The Hall–Kier alpha value is -1.94. The largest absolute Gasteiger partial charge is 0.490 e. The van der Waals surface area contributed by atoms with Gasteiger partial charge in [0.05, 0.1) is 12.5 Å². The van der Waals surface area contributed by atoms with Gasteiger partial charge in [0.2, 0.25) is 5.91 Å². The number of fused-ring (bicyclic) bond motifs is 1. The van der Waals surface area contributed by atoms with Crippen molar-refractivity contribution < 1.29 is 33.7 Å². The van der Waals surface area contributed by atoms with Crippen molar-refractivity contribution in [2.75, 3.05) is 18.6 Å². The molecule has 8 nitrogen and oxygen atoms in total. The number of amides is 1. The quantitative estimate of drug-likeness (QED) is 0.383. The Morgan fingerprint density at radius 1 is 1.40 bits per heavy atom. The number of hydrogen-bond donors (Lipinski definition) is 2. The first kappa shape index (κ1) is 22.7. The van der Waals surface area contributed by atoms with Gasteiger partial charge in [0.1, 0.15) is 11.9 Å². The molecule has 5 atom stereocenters. The Balaban J connectivity index is 1.93. The number of carbonyl (C=O) groups excluding carboxylic acids is 2. The molecule has 0 aliphatic carbocycles. The lowest BCUT2D eigenvalue weighted by Crippen LogP contribution is -2.55. The van der Waals surface area contributed by atoms with Crippen LogP contribution in [0.1, 0.15) is 38.4 Å². The van der Waals surface area contributed by atoms with Gasteiger partial charge in [-0.2, -0.15) is 0 Å². The van der Waals surface area contributed by atoms with E-state index in [4.69, 9.17) is 14.2 Å². The average Bonchev–Trinajstić information content (AvgIpc) is 2.64. The molecule has 0 spiro atoms. The van der Waals surface area contributed by atoms with Crippen LogP contribution in [0, 0.1) is 5.92 Å². The smallest absolute Gasteiger partial charge is 0.304 e. The third kappa shape index (κ3) is 4.25. The molecular weight excluding hydrogens is 406 g/mol. The van der Waals surface area contributed by atoms with Gasteiger partial charge >= 0.3 is 5.97 Å². The van der Waals surface area contributed by atoms with Gasteiger partial charge in [-0.3, -0.25) is 14.5 Å². The topological polar surface area (TPSA) is 106 Å². The fourth-order valence-corrected chi connectivity index (χ4v) is 6.57. The molecule has 2 heterocycles. The number of ether oxygens (including phenoxy) is 3. The van der Waals surface area contributed by atoms with Crippen LogP contribution in [0.15, 0.2) is 18.2 Å². The van der Waals surface area contributed by atoms with Crippen LogP contribution in [0.5, 0.6) is 5.75 Å². The molecule has 9 heteroatoms. The predicted octanol–water partition coefficient (Wildman–Crippen LogP) is 2.35. The molecule has 0 bridgehead atoms. The van der Waals surface area contributed by atoms with E-state index in [2.05, 4.69) is 0 Å². The van der Waals surface area contributed by atoms with Crippen LogP contribution >= 0.6 is 0 Å². The van der Waals surface area contributed by atoms with Crippen molar-refractivity contribution in [2.24, 2.45) is 5.92 Å². The summed E-state index contributed by atoms with van der Waals surface area (Å²) in [6, 6.07) is 5.38. The highest BCUT2D eigenvalue weighted by atomic mass is 28.4. The van der Waals surface area contributed by atoms with Crippen molar-refractivity contribution in [1.82, 2.24) is 0 Å². The summed E-state index contributed by atoms with van der Waals surface area (Å²) in [4.78, 5) is 35.7. The monoisotopic (exact) mass is 437 g/mol. The fraction of sp³-hybridized carbons (Fsp3) is 0.619. The van der Waals surface area contributed by atoms with Crippen molar-refractivity contribution in [3.63, 3.8) is 0 Å². The zero-order valence-electron chi connectivity index (χ0n) is 18.1. The standard InChI is InChI=1S/C21H31NO7Si/c1-12-20(27-3)15-10-14(22-18(25)11-19(22)28-13(2)24)6-7-16(15)29-21(12)17(8-9-23)30(4,5)26/h6-7,10,12,17,19-21,23,26H,8-9,11H2,1-5H3/t12-,17?,19?,20-,21-/m1/s1. The van der Waals surface area contributed by atoms with E-state index in [1.165, 1.54) is 11.8 Å². The summed E-state index contributed by atoms with van der Waals surface area (Å²) in [5.41, 5.74) is 1.27. The Bertz CT molecular complexity index is 809. The third-order valence-electron chi connectivity index (χ3n) is 6.04. The van der Waals surface area contributed by atoms with Crippen LogP contribution in [0.4, 0.5) is 5.69 Å². The molecule has 1 fully saturated rings. The van der Waals surface area contributed by atoms with Crippen LogP contribution in [0.2, 0.25) is 18.6 Å². The lowest BCUT2D eigenvalue weighted by Gasteiger charge is -2.44. The van der Waals surface area contributed by atoms with E-state index >= 15 is 0 Å². The van der Waals surface area contributed by atoms with Crippen LogP contribution in [-0.4, -0.2) is 56.1 Å². The van der Waals surface area contributed by atoms with Crippen molar-refractivity contribution >= 4 is 25.9 Å². The number of hydrogen-bond acceptors (Lipinski definition) is 7. The van der Waals surface area contributed by atoms with E-state index in [1.807, 2.05) is 26.1 Å². The molecule has 2 N–H and O–H groups in total. The highest BCUT2D eigenvalue weighted by molar-refractivity contribution is 6.71. The predicted molar refractivity (Wildman–Crippen MR) is 113 cm³/mol. The molecular formula is C21H31NO7Si. The molecule has 1 saturated heterocycles. The highest BCUT2D eigenvalue weighted by Gasteiger charge is 2.47. The first-order valence-electron chi connectivity index (χ1n) is 10.2. The number of aliphatic hydroxyl groups is 1. The van der Waals surface area contributed by atoms with E-state index in [9.17, 15) is 19.5 Å². The van der Waals surface area contributed by atoms with E-state index in [-0.39, 0.29) is 42.6 Å². The van der Waals surface area contributed by atoms with Crippen LogP contribution in [0.3, 0.4) is 0 Å². The molecule has 30 heavy (non-hydrogen) atoms. The summed E-state index contributed by atoms with van der Waals surface area (Å²) in [5.74, 6) is 0.000997. The van der Waals surface area contributed by atoms with Crippen LogP contribution < -0.4 is 9.64 Å². The van der Waals surface area contributed by atoms with Crippen molar-refractivity contribution in [3.8, 4) is 5.75 Å². The molecule has 2 aliphatic rings. The number of nitrogens with zero attached hydrogens (tertiary/aromatic N) is 1. The molecule has 3 rings (SSSR count). The molecule has 2 unspecified atom stereocenters. The van der Waals surface area contributed by atoms with Crippen molar-refractivity contribution in [3.05, 3.63) is 23.8 Å². The minimum Gasteiger partial charge on any atom is -0.490 e. The molecule has 0 saturated carbocycles. The maximum Gasteiger partial charge on any atom is 0.304 e. The zero-order chi connectivity index (χ0) is 22.2. The second-order valence-corrected chi connectivity index (χ2v) is 12.7. The van der Waals surface area contributed by atoms with Gasteiger partial charge in [-0.05, 0) is 37.7 Å². The number of benzene rings is 1. The Morgan fingerprint density at radius 3 is 2.63 bits per heavy atom. The Labute approximate surface area is 177 Å². The zero-order valence-corrected chi connectivity index (χ0v) is 19.1. The number of methoxy groups -OCH3 is 1. The van der Waals surface area contributed by atoms with E-state index in [0.717, 1.165) is 5.56 Å². The Morgan fingerprint density at radius 2 is 2.10 bits per heavy atom. The third-order valence-corrected chi connectivity index (χ3v) is 8.47. The summed E-state index contributed by atoms with van der Waals surface area (Å²) in [5, 5.41) is 9.53. The molecule has 0 aromatic heterocycles. The van der Waals surface area contributed by atoms with Crippen molar-refractivity contribution in [2.45, 2.75) is 63.8 Å². The fourth-order valence-electron chi connectivity index (χ4n) is 4.56. The summed E-state index contributed by atoms with van der Waals surface area (Å²) in [6.07, 6.45) is -0.579. The minimum atomic E-state index is -2.60. The number of aliphatic hydroxyl groups excluding tert-OH is 1. The SMILES string of the molecule is CO[C@H]1c2cc(N3C(=O)CC3OC(C)=O)ccc2O[C@@H](C(CCO)[Si](C)(C)O)[C@@H]1C. The Kier molecular flexibility index (Phi) is 6.56. The molecule has 166 valence electrons. The van der Waals surface area contributed by atoms with E-state index in [1.54, 1.807) is 19.2 Å². The second-order valence-electron chi connectivity index (χ2n) is 8.62. The van der Waals surface area contributed by atoms with Gasteiger partial charge in [0.25, 0.3) is 0 Å². The molecule has 2 aliphatic heterocycles. The van der Waals surface area contributed by atoms with E-state index < -0.39 is 20.5 Å². The molecule has 1 aromatic rings. The van der Waals surface area contributed by atoms with Crippen LogP contribution in [-0.2, 0) is 19.1 Å². The van der Waals surface area contributed by atoms with Gasteiger partial charge in [0.15, 0.2) is 14.5 Å². The highest BCUT2D eigenvalue weighted by Crippen LogP contribution is 2.48. The maximum absolute atomic E-state index is 12.2. The number of anilines is 1. The first-order valence-corrected chi connectivity index (χ1v) is 13.3. The summed E-state index contributed by atoms with van der Waals surface area (Å²) < 4.78 is 17.3. The van der Waals surface area contributed by atoms with Gasteiger partial charge in [-0.15, -0.1) is 0 Å². The normalized spacial score (nSPS) is 27.0. The second kappa shape index (κ2) is 8.66. The molecule has 1 amide bonds.